The van der Waals surface area contributed by atoms with E-state index in [-0.39, 0.29) is 6.10 Å². The first-order valence-electron chi connectivity index (χ1n) is 4.10. The molecule has 1 unspecified atom stereocenters. The van der Waals surface area contributed by atoms with Gasteiger partial charge in [0.1, 0.15) is 0 Å². The van der Waals surface area contributed by atoms with E-state index in [1.54, 1.807) is 14.0 Å². The Kier molecular flexibility index (Phi) is 6.28. The molecule has 0 aromatic rings. The molecule has 0 amide bonds. The van der Waals surface area contributed by atoms with E-state index in [1.807, 2.05) is 11.9 Å². The van der Waals surface area contributed by atoms with Crippen LogP contribution in [0, 0.1) is 0 Å². The molecule has 0 aromatic carbocycles. The van der Waals surface area contributed by atoms with Crippen molar-refractivity contribution in [3.63, 3.8) is 0 Å². The topological polar surface area (TPSA) is 52.9 Å². The van der Waals surface area contributed by atoms with E-state index in [4.69, 9.17) is 9.84 Å². The van der Waals surface area contributed by atoms with Crippen molar-refractivity contribution in [2.45, 2.75) is 19.1 Å². The van der Waals surface area contributed by atoms with E-state index in [1.165, 1.54) is 0 Å². The number of hydrogen-bond donors (Lipinski definition) is 2. The minimum atomic E-state index is -0.473. The molecular weight excluding hydrogens is 158 g/mol. The van der Waals surface area contributed by atoms with Crippen LogP contribution in [-0.4, -0.2) is 61.2 Å². The molecule has 0 spiro atoms. The van der Waals surface area contributed by atoms with Crippen molar-refractivity contribution in [1.29, 1.82) is 0 Å². The van der Waals surface area contributed by atoms with Gasteiger partial charge in [0.25, 0.3) is 0 Å². The van der Waals surface area contributed by atoms with Crippen LogP contribution in [0.15, 0.2) is 0 Å². The summed E-state index contributed by atoms with van der Waals surface area (Å²) in [5, 5.41) is 18.3. The van der Waals surface area contributed by atoms with Crippen LogP contribution in [0.2, 0.25) is 0 Å². The molecule has 0 radical (unpaired) electrons. The Bertz CT molecular complexity index is 108. The summed E-state index contributed by atoms with van der Waals surface area (Å²) in [5.41, 5.74) is 0. The highest BCUT2D eigenvalue weighted by Gasteiger charge is 2.08. The number of hydrogen-bond acceptors (Lipinski definition) is 4. The molecule has 0 saturated carbocycles. The van der Waals surface area contributed by atoms with E-state index < -0.39 is 6.10 Å². The molecule has 0 heterocycles. The lowest BCUT2D eigenvalue weighted by molar-refractivity contribution is 0.0340. The Labute approximate surface area is 73.8 Å². The Hall–Kier alpha value is -0.160. The van der Waals surface area contributed by atoms with Crippen LogP contribution >= 0.6 is 0 Å². The number of methoxy groups -OCH3 is 1. The van der Waals surface area contributed by atoms with E-state index >= 15 is 0 Å². The maximum atomic E-state index is 9.28. The lowest BCUT2D eigenvalue weighted by Gasteiger charge is -2.21. The predicted molar refractivity (Wildman–Crippen MR) is 47.1 cm³/mol. The molecule has 0 aliphatic rings. The van der Waals surface area contributed by atoms with Crippen molar-refractivity contribution < 1.29 is 14.9 Å². The standard InChI is InChI=1S/C8H19NO3/c1-7(10)4-9(2)5-8(11)6-12-3/h7-8,10-11H,4-6H2,1-3H3/t7-,8?/m1/s1. The third-order valence-electron chi connectivity index (χ3n) is 1.46. The van der Waals surface area contributed by atoms with Gasteiger partial charge in [0, 0.05) is 20.2 Å². The van der Waals surface area contributed by atoms with Gasteiger partial charge in [0.05, 0.1) is 18.8 Å². The Morgan fingerprint density at radius 2 is 1.92 bits per heavy atom. The summed E-state index contributed by atoms with van der Waals surface area (Å²) in [6.07, 6.45) is -0.830. The van der Waals surface area contributed by atoms with Gasteiger partial charge in [0.15, 0.2) is 0 Å². The second-order valence-electron chi connectivity index (χ2n) is 3.18. The zero-order valence-electron chi connectivity index (χ0n) is 8.03. The quantitative estimate of drug-likeness (QED) is 0.563. The molecule has 0 fully saturated rings. The summed E-state index contributed by atoms with van der Waals surface area (Å²) in [7, 11) is 3.41. The van der Waals surface area contributed by atoms with Crippen LogP contribution in [0.3, 0.4) is 0 Å². The Morgan fingerprint density at radius 3 is 2.33 bits per heavy atom. The van der Waals surface area contributed by atoms with Crippen LogP contribution < -0.4 is 0 Å². The smallest absolute Gasteiger partial charge is 0.0899 e. The van der Waals surface area contributed by atoms with Crippen LogP contribution in [0.4, 0.5) is 0 Å². The Morgan fingerprint density at radius 1 is 1.33 bits per heavy atom. The Balaban J connectivity index is 3.46. The van der Waals surface area contributed by atoms with Crippen LogP contribution in [-0.2, 0) is 4.74 Å². The number of aliphatic hydroxyl groups is 2. The number of likely N-dealkylation sites (N-methyl/N-ethyl adjacent to an activating group) is 1. The van der Waals surface area contributed by atoms with Gasteiger partial charge >= 0.3 is 0 Å². The van der Waals surface area contributed by atoms with Crippen molar-refractivity contribution in [2.24, 2.45) is 0 Å². The van der Waals surface area contributed by atoms with Crippen molar-refractivity contribution in [2.75, 3.05) is 33.9 Å². The highest BCUT2D eigenvalue weighted by atomic mass is 16.5. The second-order valence-corrected chi connectivity index (χ2v) is 3.18. The molecule has 4 nitrogen and oxygen atoms in total. The number of nitrogens with zero attached hydrogens (tertiary/aromatic N) is 1. The summed E-state index contributed by atoms with van der Waals surface area (Å²) >= 11 is 0. The summed E-state index contributed by atoms with van der Waals surface area (Å²) in [6, 6.07) is 0. The summed E-state index contributed by atoms with van der Waals surface area (Å²) in [4.78, 5) is 1.87. The van der Waals surface area contributed by atoms with Gasteiger partial charge in [-0.25, -0.2) is 0 Å². The van der Waals surface area contributed by atoms with Crippen molar-refractivity contribution in [3.8, 4) is 0 Å². The van der Waals surface area contributed by atoms with E-state index in [0.29, 0.717) is 19.7 Å². The highest BCUT2D eigenvalue weighted by Crippen LogP contribution is 1.92. The van der Waals surface area contributed by atoms with Gasteiger partial charge in [-0.05, 0) is 14.0 Å². The molecule has 0 bridgehead atoms. The van der Waals surface area contributed by atoms with Crippen LogP contribution in [0.5, 0.6) is 0 Å². The zero-order chi connectivity index (χ0) is 9.56. The molecule has 0 aromatic heterocycles. The van der Waals surface area contributed by atoms with Crippen molar-refractivity contribution in [3.05, 3.63) is 0 Å². The zero-order valence-corrected chi connectivity index (χ0v) is 8.03. The highest BCUT2D eigenvalue weighted by molar-refractivity contribution is 4.62. The molecule has 0 rings (SSSR count). The average molecular weight is 177 g/mol. The number of ether oxygens (including phenoxy) is 1. The van der Waals surface area contributed by atoms with Gasteiger partial charge < -0.3 is 19.8 Å². The van der Waals surface area contributed by atoms with E-state index in [9.17, 15) is 5.11 Å². The summed E-state index contributed by atoms with van der Waals surface area (Å²) in [5.74, 6) is 0. The van der Waals surface area contributed by atoms with E-state index in [2.05, 4.69) is 0 Å². The predicted octanol–water partition coefficient (Wildman–Crippen LogP) is -0.694. The molecule has 4 heteroatoms. The van der Waals surface area contributed by atoms with Crippen LogP contribution in [0.1, 0.15) is 6.92 Å². The maximum Gasteiger partial charge on any atom is 0.0899 e. The van der Waals surface area contributed by atoms with E-state index in [0.717, 1.165) is 0 Å². The monoisotopic (exact) mass is 177 g/mol. The molecular formula is C8H19NO3. The van der Waals surface area contributed by atoms with Gasteiger partial charge in [-0.2, -0.15) is 0 Å². The first kappa shape index (κ1) is 11.8. The van der Waals surface area contributed by atoms with Crippen molar-refractivity contribution in [1.82, 2.24) is 4.90 Å². The molecule has 12 heavy (non-hydrogen) atoms. The van der Waals surface area contributed by atoms with Gasteiger partial charge in [-0.3, -0.25) is 0 Å². The molecule has 2 N–H and O–H groups in total. The molecule has 0 saturated heterocycles. The molecule has 74 valence electrons. The van der Waals surface area contributed by atoms with Gasteiger partial charge in [-0.1, -0.05) is 0 Å². The largest absolute Gasteiger partial charge is 0.392 e. The number of rotatable bonds is 6. The maximum absolute atomic E-state index is 9.28. The number of aliphatic hydroxyl groups excluding tert-OH is 2. The normalized spacial score (nSPS) is 16.5. The first-order chi connectivity index (χ1) is 5.56. The third kappa shape index (κ3) is 6.54. The average Bonchev–Trinajstić information content (AvgIpc) is 1.84. The van der Waals surface area contributed by atoms with Gasteiger partial charge in [-0.15, -0.1) is 0 Å². The van der Waals surface area contributed by atoms with Gasteiger partial charge in [0.2, 0.25) is 0 Å². The fraction of sp³-hybridized carbons (Fsp3) is 1.00. The lowest BCUT2D eigenvalue weighted by Crippen LogP contribution is -2.35. The fourth-order valence-corrected chi connectivity index (χ4v) is 1.13. The lowest BCUT2D eigenvalue weighted by atomic mass is 10.3. The second kappa shape index (κ2) is 6.37. The minimum Gasteiger partial charge on any atom is -0.392 e. The SMILES string of the molecule is COCC(O)CN(C)C[C@@H](C)O. The summed E-state index contributed by atoms with van der Waals surface area (Å²) in [6.45, 7) is 3.16. The fourth-order valence-electron chi connectivity index (χ4n) is 1.13. The third-order valence-corrected chi connectivity index (χ3v) is 1.46. The molecule has 0 aliphatic heterocycles. The molecule has 0 aliphatic carbocycles. The van der Waals surface area contributed by atoms with Crippen molar-refractivity contribution >= 4 is 0 Å². The summed E-state index contributed by atoms with van der Waals surface area (Å²) < 4.78 is 4.77. The minimum absolute atomic E-state index is 0.337. The first-order valence-corrected chi connectivity index (χ1v) is 4.10. The van der Waals surface area contributed by atoms with Crippen LogP contribution in [0.25, 0.3) is 0 Å². The molecule has 2 atom stereocenters.